The largest absolute Gasteiger partial charge is 0.436 e. The number of nitrogens with one attached hydrogen (secondary N) is 2. The summed E-state index contributed by atoms with van der Waals surface area (Å²) >= 11 is 0. The van der Waals surface area contributed by atoms with E-state index >= 15 is 0 Å². The molecular formula is C11H19N3O3. The molecule has 0 atom stereocenters. The first kappa shape index (κ1) is 13.7. The third kappa shape index (κ3) is 4.54. The molecule has 2 N–H and O–H groups in total. The van der Waals surface area contributed by atoms with Crippen LogP contribution >= 0.6 is 0 Å². The van der Waals surface area contributed by atoms with E-state index in [2.05, 4.69) is 15.6 Å². The molecule has 0 radical (unpaired) electrons. The lowest BCUT2D eigenvalue weighted by Crippen LogP contribution is -2.33. The average molecular weight is 241 g/mol. The number of amides is 1. The number of aromatic nitrogens is 1. The van der Waals surface area contributed by atoms with Crippen LogP contribution in [0.5, 0.6) is 0 Å². The minimum Gasteiger partial charge on any atom is -0.436 e. The van der Waals surface area contributed by atoms with Crippen molar-refractivity contribution in [3.05, 3.63) is 17.3 Å². The van der Waals surface area contributed by atoms with Crippen LogP contribution in [0, 0.1) is 13.8 Å². The molecule has 0 aromatic carbocycles. The maximum atomic E-state index is 11.7. The topological polar surface area (TPSA) is 76.4 Å². The van der Waals surface area contributed by atoms with Gasteiger partial charge in [0.1, 0.15) is 0 Å². The van der Waals surface area contributed by atoms with E-state index < -0.39 is 0 Å². The molecule has 96 valence electrons. The lowest BCUT2D eigenvalue weighted by Gasteiger charge is -2.05. The van der Waals surface area contributed by atoms with E-state index in [1.165, 1.54) is 0 Å². The zero-order valence-corrected chi connectivity index (χ0v) is 10.5. The summed E-state index contributed by atoms with van der Waals surface area (Å²) in [5.41, 5.74) is 0.618. The van der Waals surface area contributed by atoms with Crippen molar-refractivity contribution in [1.82, 2.24) is 15.6 Å². The van der Waals surface area contributed by atoms with Crippen LogP contribution in [0.2, 0.25) is 0 Å². The van der Waals surface area contributed by atoms with Gasteiger partial charge in [0.05, 0.1) is 12.3 Å². The summed E-state index contributed by atoms with van der Waals surface area (Å²) in [4.78, 5) is 15.7. The van der Waals surface area contributed by atoms with Crippen molar-refractivity contribution in [3.63, 3.8) is 0 Å². The molecule has 0 unspecified atom stereocenters. The van der Waals surface area contributed by atoms with Crippen molar-refractivity contribution in [1.29, 1.82) is 0 Å². The van der Waals surface area contributed by atoms with Gasteiger partial charge < -0.3 is 19.8 Å². The number of carbonyl (C=O) groups excluding carboxylic acids is 1. The number of methoxy groups -OCH3 is 1. The third-order valence-corrected chi connectivity index (χ3v) is 2.18. The van der Waals surface area contributed by atoms with E-state index in [4.69, 9.17) is 9.15 Å². The summed E-state index contributed by atoms with van der Waals surface area (Å²) in [5.74, 6) is 0.571. The van der Waals surface area contributed by atoms with Gasteiger partial charge in [0.15, 0.2) is 5.89 Å². The summed E-state index contributed by atoms with van der Waals surface area (Å²) < 4.78 is 10.1. The smallest absolute Gasteiger partial charge is 0.289 e. The molecule has 1 amide bonds. The van der Waals surface area contributed by atoms with Gasteiger partial charge in [-0.25, -0.2) is 4.98 Å². The number of ether oxygens (including phenoxy) is 1. The van der Waals surface area contributed by atoms with Gasteiger partial charge in [-0.1, -0.05) is 0 Å². The van der Waals surface area contributed by atoms with Crippen LogP contribution in [-0.2, 0) is 4.74 Å². The van der Waals surface area contributed by atoms with E-state index in [9.17, 15) is 4.79 Å². The van der Waals surface area contributed by atoms with Gasteiger partial charge in [-0.05, 0) is 6.92 Å². The SMILES string of the molecule is COCCNCCNC(=O)c1oc(C)nc1C. The Hall–Kier alpha value is -1.40. The Balaban J connectivity index is 2.23. The first-order valence-corrected chi connectivity index (χ1v) is 5.57. The predicted octanol–water partition coefficient (Wildman–Crippen LogP) is 0.257. The molecule has 0 aliphatic rings. The summed E-state index contributed by atoms with van der Waals surface area (Å²) in [6.45, 7) is 6.14. The second-order valence-corrected chi connectivity index (χ2v) is 3.65. The highest BCUT2D eigenvalue weighted by molar-refractivity contribution is 5.92. The molecule has 1 heterocycles. The minimum atomic E-state index is -0.225. The highest BCUT2D eigenvalue weighted by Gasteiger charge is 2.14. The van der Waals surface area contributed by atoms with E-state index in [-0.39, 0.29) is 5.91 Å². The Morgan fingerprint density at radius 1 is 1.35 bits per heavy atom. The van der Waals surface area contributed by atoms with Crippen LogP contribution in [-0.4, -0.2) is 44.2 Å². The van der Waals surface area contributed by atoms with Gasteiger partial charge in [0, 0.05) is 33.7 Å². The molecule has 0 bridgehead atoms. The average Bonchev–Trinajstić information content (AvgIpc) is 2.62. The fraction of sp³-hybridized carbons (Fsp3) is 0.636. The van der Waals surface area contributed by atoms with E-state index in [0.717, 1.165) is 6.54 Å². The number of rotatable bonds is 7. The number of aryl methyl sites for hydroxylation is 2. The molecular weight excluding hydrogens is 222 g/mol. The molecule has 0 aliphatic carbocycles. The van der Waals surface area contributed by atoms with Crippen molar-refractivity contribution in [2.24, 2.45) is 0 Å². The number of nitrogens with zero attached hydrogens (tertiary/aromatic N) is 1. The van der Waals surface area contributed by atoms with Crippen LogP contribution in [0.25, 0.3) is 0 Å². The number of oxazole rings is 1. The summed E-state index contributed by atoms with van der Waals surface area (Å²) in [7, 11) is 1.65. The number of hydrogen-bond donors (Lipinski definition) is 2. The number of hydrogen-bond acceptors (Lipinski definition) is 5. The fourth-order valence-electron chi connectivity index (χ4n) is 1.39. The fourth-order valence-corrected chi connectivity index (χ4v) is 1.39. The highest BCUT2D eigenvalue weighted by Crippen LogP contribution is 2.08. The van der Waals surface area contributed by atoms with Gasteiger partial charge in [-0.3, -0.25) is 4.79 Å². The Labute approximate surface area is 101 Å². The zero-order chi connectivity index (χ0) is 12.7. The summed E-state index contributed by atoms with van der Waals surface area (Å²) in [6.07, 6.45) is 0. The minimum absolute atomic E-state index is 0.225. The first-order valence-electron chi connectivity index (χ1n) is 5.57. The van der Waals surface area contributed by atoms with Crippen molar-refractivity contribution in [2.75, 3.05) is 33.4 Å². The zero-order valence-electron chi connectivity index (χ0n) is 10.5. The molecule has 0 fully saturated rings. The maximum absolute atomic E-state index is 11.7. The van der Waals surface area contributed by atoms with Crippen molar-refractivity contribution < 1.29 is 13.9 Å². The standard InChI is InChI=1S/C11H19N3O3/c1-8-10(17-9(2)14-8)11(15)13-5-4-12-6-7-16-3/h12H,4-7H2,1-3H3,(H,13,15). The van der Waals surface area contributed by atoms with Gasteiger partial charge in [0.25, 0.3) is 5.91 Å². The lowest BCUT2D eigenvalue weighted by molar-refractivity contribution is 0.0924. The second kappa shape index (κ2) is 7.03. The van der Waals surface area contributed by atoms with E-state index in [1.54, 1.807) is 21.0 Å². The summed E-state index contributed by atoms with van der Waals surface area (Å²) in [6, 6.07) is 0. The Kier molecular flexibility index (Phi) is 5.65. The molecule has 17 heavy (non-hydrogen) atoms. The van der Waals surface area contributed by atoms with Crippen LogP contribution < -0.4 is 10.6 Å². The first-order chi connectivity index (χ1) is 8.15. The van der Waals surface area contributed by atoms with Crippen LogP contribution in [0.3, 0.4) is 0 Å². The molecule has 0 saturated heterocycles. The van der Waals surface area contributed by atoms with Crippen molar-refractivity contribution in [2.45, 2.75) is 13.8 Å². The van der Waals surface area contributed by atoms with Crippen LogP contribution in [0.15, 0.2) is 4.42 Å². The molecule has 1 aromatic heterocycles. The highest BCUT2D eigenvalue weighted by atomic mass is 16.5. The Bertz CT molecular complexity index is 363. The van der Waals surface area contributed by atoms with Gasteiger partial charge >= 0.3 is 0 Å². The molecule has 1 rings (SSSR count). The van der Waals surface area contributed by atoms with Gasteiger partial charge in [-0.2, -0.15) is 0 Å². The molecule has 0 spiro atoms. The second-order valence-electron chi connectivity index (χ2n) is 3.65. The molecule has 6 heteroatoms. The number of carbonyl (C=O) groups is 1. The molecule has 0 saturated carbocycles. The Morgan fingerprint density at radius 2 is 2.12 bits per heavy atom. The molecule has 0 aliphatic heterocycles. The molecule has 6 nitrogen and oxygen atoms in total. The predicted molar refractivity (Wildman–Crippen MR) is 63.1 cm³/mol. The van der Waals surface area contributed by atoms with Crippen LogP contribution in [0.4, 0.5) is 0 Å². The van der Waals surface area contributed by atoms with Crippen LogP contribution in [0.1, 0.15) is 22.1 Å². The van der Waals surface area contributed by atoms with E-state index in [1.807, 2.05) is 0 Å². The van der Waals surface area contributed by atoms with Crippen molar-refractivity contribution >= 4 is 5.91 Å². The van der Waals surface area contributed by atoms with E-state index in [0.29, 0.717) is 37.0 Å². The third-order valence-electron chi connectivity index (χ3n) is 2.18. The van der Waals surface area contributed by atoms with Crippen molar-refractivity contribution in [3.8, 4) is 0 Å². The normalized spacial score (nSPS) is 10.5. The van der Waals surface area contributed by atoms with Gasteiger partial charge in [0.2, 0.25) is 5.76 Å². The quantitative estimate of drug-likeness (QED) is 0.669. The van der Waals surface area contributed by atoms with Gasteiger partial charge in [-0.15, -0.1) is 0 Å². The Morgan fingerprint density at radius 3 is 2.71 bits per heavy atom. The summed E-state index contributed by atoms with van der Waals surface area (Å²) in [5, 5.41) is 5.88. The maximum Gasteiger partial charge on any atom is 0.289 e. The molecule has 1 aromatic rings. The lowest BCUT2D eigenvalue weighted by atomic mass is 10.3. The monoisotopic (exact) mass is 241 g/mol.